The summed E-state index contributed by atoms with van der Waals surface area (Å²) in [6, 6.07) is 19.8. The van der Waals surface area contributed by atoms with Crippen molar-refractivity contribution >= 4 is 34.8 Å². The number of nitrogens with zero attached hydrogens (tertiary/aromatic N) is 3. The molecule has 0 unspecified atom stereocenters. The lowest BCUT2D eigenvalue weighted by Gasteiger charge is -2.07. The summed E-state index contributed by atoms with van der Waals surface area (Å²) in [4.78, 5) is 17.4. The fourth-order valence-electron chi connectivity index (χ4n) is 3.08. The molecule has 32 heavy (non-hydrogen) atoms. The maximum Gasteiger partial charge on any atom is 0.295 e. The molecular formula is C24H20Cl2N4O2. The van der Waals surface area contributed by atoms with Crippen molar-refractivity contribution in [2.24, 2.45) is 0 Å². The highest BCUT2D eigenvalue weighted by Crippen LogP contribution is 2.26. The van der Waals surface area contributed by atoms with Gasteiger partial charge in [0.05, 0.1) is 12.3 Å². The monoisotopic (exact) mass is 466 g/mol. The van der Waals surface area contributed by atoms with Crippen molar-refractivity contribution in [2.75, 3.05) is 11.9 Å². The second-order valence-corrected chi connectivity index (χ2v) is 7.87. The molecule has 162 valence electrons. The second kappa shape index (κ2) is 9.42. The molecule has 0 aliphatic carbocycles. The van der Waals surface area contributed by atoms with Gasteiger partial charge in [-0.15, -0.1) is 5.10 Å². The number of carbonyl (C=O) groups is 1. The van der Waals surface area contributed by atoms with Crippen LogP contribution in [-0.2, 0) is 0 Å². The normalized spacial score (nSPS) is 10.8. The quantitative estimate of drug-likeness (QED) is 0.367. The van der Waals surface area contributed by atoms with Crippen LogP contribution in [0.2, 0.25) is 10.0 Å². The first-order valence-electron chi connectivity index (χ1n) is 9.98. The maximum absolute atomic E-state index is 12.9. The van der Waals surface area contributed by atoms with Gasteiger partial charge in [-0.3, -0.25) is 4.79 Å². The number of aryl methyl sites for hydroxylation is 1. The van der Waals surface area contributed by atoms with Crippen LogP contribution in [0, 0.1) is 6.92 Å². The number of aromatic nitrogens is 3. The van der Waals surface area contributed by atoms with E-state index >= 15 is 0 Å². The first-order chi connectivity index (χ1) is 15.4. The van der Waals surface area contributed by atoms with Crippen LogP contribution >= 0.6 is 23.2 Å². The van der Waals surface area contributed by atoms with Gasteiger partial charge < -0.3 is 10.1 Å². The van der Waals surface area contributed by atoms with E-state index in [9.17, 15) is 4.79 Å². The zero-order valence-electron chi connectivity index (χ0n) is 17.5. The number of rotatable bonds is 6. The maximum atomic E-state index is 12.9. The van der Waals surface area contributed by atoms with E-state index in [2.05, 4.69) is 15.4 Å². The number of anilines is 1. The Morgan fingerprint density at radius 1 is 1.03 bits per heavy atom. The minimum Gasteiger partial charge on any atom is -0.494 e. The molecule has 0 spiro atoms. The molecule has 1 aromatic heterocycles. The summed E-state index contributed by atoms with van der Waals surface area (Å²) >= 11 is 12.4. The van der Waals surface area contributed by atoms with Gasteiger partial charge in [0.2, 0.25) is 5.82 Å². The number of amides is 1. The van der Waals surface area contributed by atoms with E-state index in [-0.39, 0.29) is 5.82 Å². The van der Waals surface area contributed by atoms with Gasteiger partial charge in [0.1, 0.15) is 5.75 Å². The van der Waals surface area contributed by atoms with Crippen molar-refractivity contribution in [3.8, 4) is 22.8 Å². The summed E-state index contributed by atoms with van der Waals surface area (Å²) < 4.78 is 7.03. The molecule has 3 aromatic carbocycles. The SMILES string of the molecule is CCOc1ccc(NC(=O)c2nc(-c3ccc(Cl)cc3)n(-c3ccc(C)c(Cl)c3)n2)cc1. The Kier molecular flexibility index (Phi) is 6.44. The summed E-state index contributed by atoms with van der Waals surface area (Å²) in [6.45, 7) is 4.41. The van der Waals surface area contributed by atoms with E-state index in [0.717, 1.165) is 16.9 Å². The molecule has 0 atom stereocenters. The third kappa shape index (κ3) is 4.77. The molecule has 1 N–H and O–H groups in total. The number of carbonyl (C=O) groups excluding carboxylic acids is 1. The van der Waals surface area contributed by atoms with Gasteiger partial charge in [-0.25, -0.2) is 9.67 Å². The molecule has 0 saturated carbocycles. The lowest BCUT2D eigenvalue weighted by molar-refractivity contribution is 0.101. The van der Waals surface area contributed by atoms with E-state index < -0.39 is 5.91 Å². The van der Waals surface area contributed by atoms with Crippen molar-refractivity contribution in [3.63, 3.8) is 0 Å². The highest BCUT2D eigenvalue weighted by atomic mass is 35.5. The number of ether oxygens (including phenoxy) is 1. The average molecular weight is 467 g/mol. The molecule has 6 nitrogen and oxygen atoms in total. The third-order valence-corrected chi connectivity index (χ3v) is 5.40. The largest absolute Gasteiger partial charge is 0.494 e. The van der Waals surface area contributed by atoms with Crippen LogP contribution in [0.15, 0.2) is 66.7 Å². The predicted octanol–water partition coefficient (Wildman–Crippen LogP) is 6.20. The zero-order valence-corrected chi connectivity index (χ0v) is 19.0. The molecule has 1 amide bonds. The molecule has 8 heteroatoms. The fraction of sp³-hybridized carbons (Fsp3) is 0.125. The summed E-state index contributed by atoms with van der Waals surface area (Å²) in [5.74, 6) is 0.828. The van der Waals surface area contributed by atoms with Gasteiger partial charge in [-0.2, -0.15) is 0 Å². The van der Waals surface area contributed by atoms with E-state index in [0.29, 0.717) is 33.9 Å². The zero-order chi connectivity index (χ0) is 22.7. The number of hydrogen-bond acceptors (Lipinski definition) is 4. The van der Waals surface area contributed by atoms with Crippen LogP contribution < -0.4 is 10.1 Å². The van der Waals surface area contributed by atoms with E-state index in [1.165, 1.54) is 0 Å². The topological polar surface area (TPSA) is 69.0 Å². The minimum atomic E-state index is -0.429. The molecular weight excluding hydrogens is 447 g/mol. The molecule has 0 aliphatic rings. The Bertz CT molecular complexity index is 1250. The summed E-state index contributed by atoms with van der Waals surface area (Å²) in [5, 5.41) is 8.49. The summed E-state index contributed by atoms with van der Waals surface area (Å²) in [6.07, 6.45) is 0. The van der Waals surface area contributed by atoms with Gasteiger partial charge in [-0.1, -0.05) is 29.3 Å². The predicted molar refractivity (Wildman–Crippen MR) is 127 cm³/mol. The van der Waals surface area contributed by atoms with Crippen LogP contribution in [0.1, 0.15) is 23.1 Å². The van der Waals surface area contributed by atoms with Gasteiger partial charge in [-0.05, 0) is 80.1 Å². The third-order valence-electron chi connectivity index (χ3n) is 4.74. The molecule has 0 aliphatic heterocycles. The standard InChI is InChI=1S/C24H20Cl2N4O2/c1-3-32-20-12-9-18(10-13-20)27-24(31)22-28-23(16-5-7-17(25)8-6-16)30(29-22)19-11-4-15(2)21(26)14-19/h4-14H,3H2,1-2H3,(H,27,31). The molecule has 0 radical (unpaired) electrons. The van der Waals surface area contributed by atoms with Crippen molar-refractivity contribution in [2.45, 2.75) is 13.8 Å². The van der Waals surface area contributed by atoms with Crippen molar-refractivity contribution in [1.29, 1.82) is 0 Å². The number of halogens is 2. The Morgan fingerprint density at radius 2 is 1.75 bits per heavy atom. The second-order valence-electron chi connectivity index (χ2n) is 7.02. The summed E-state index contributed by atoms with van der Waals surface area (Å²) in [5.41, 5.74) is 3.01. The molecule has 0 fully saturated rings. The lowest BCUT2D eigenvalue weighted by atomic mass is 10.2. The summed E-state index contributed by atoms with van der Waals surface area (Å²) in [7, 11) is 0. The molecule has 0 bridgehead atoms. The van der Waals surface area contributed by atoms with Crippen molar-refractivity contribution in [1.82, 2.24) is 14.8 Å². The van der Waals surface area contributed by atoms with Crippen LogP contribution in [0.5, 0.6) is 5.75 Å². The van der Waals surface area contributed by atoms with Crippen LogP contribution in [0.25, 0.3) is 17.1 Å². The van der Waals surface area contributed by atoms with Crippen LogP contribution in [0.4, 0.5) is 5.69 Å². The van der Waals surface area contributed by atoms with Crippen molar-refractivity contribution < 1.29 is 9.53 Å². The number of benzene rings is 3. The van der Waals surface area contributed by atoms with Gasteiger partial charge in [0.15, 0.2) is 5.82 Å². The van der Waals surface area contributed by atoms with Crippen molar-refractivity contribution in [3.05, 3.63) is 88.2 Å². The Balaban J connectivity index is 1.70. The minimum absolute atomic E-state index is 0.0283. The average Bonchev–Trinajstić information content (AvgIpc) is 3.23. The van der Waals surface area contributed by atoms with Gasteiger partial charge in [0.25, 0.3) is 5.91 Å². The fourth-order valence-corrected chi connectivity index (χ4v) is 3.38. The molecule has 4 aromatic rings. The van der Waals surface area contributed by atoms with E-state index in [4.69, 9.17) is 27.9 Å². The number of nitrogens with one attached hydrogen (secondary N) is 1. The van der Waals surface area contributed by atoms with E-state index in [1.54, 1.807) is 47.1 Å². The highest BCUT2D eigenvalue weighted by Gasteiger charge is 2.19. The molecule has 4 rings (SSSR count). The Hall–Kier alpha value is -3.35. The number of hydrogen-bond donors (Lipinski definition) is 1. The lowest BCUT2D eigenvalue weighted by Crippen LogP contribution is -2.14. The van der Waals surface area contributed by atoms with E-state index in [1.807, 2.05) is 38.1 Å². The van der Waals surface area contributed by atoms with Crippen LogP contribution in [-0.4, -0.2) is 27.3 Å². The van der Waals surface area contributed by atoms with Crippen LogP contribution in [0.3, 0.4) is 0 Å². The van der Waals surface area contributed by atoms with Gasteiger partial charge in [0, 0.05) is 21.3 Å². The van der Waals surface area contributed by atoms with Gasteiger partial charge >= 0.3 is 0 Å². The highest BCUT2D eigenvalue weighted by molar-refractivity contribution is 6.31. The Morgan fingerprint density at radius 3 is 2.41 bits per heavy atom. The molecule has 0 saturated heterocycles. The first-order valence-corrected chi connectivity index (χ1v) is 10.7. The molecule has 1 heterocycles. The Labute approximate surface area is 195 Å². The smallest absolute Gasteiger partial charge is 0.295 e. The first kappa shape index (κ1) is 21.9.